The van der Waals surface area contributed by atoms with Crippen LogP contribution in [-0.2, 0) is 17.8 Å². The minimum absolute atomic E-state index is 0.789. The van der Waals surface area contributed by atoms with Crippen molar-refractivity contribution in [1.29, 1.82) is 0 Å². The Hall–Kier alpha value is -0.870. The second-order valence-corrected chi connectivity index (χ2v) is 3.00. The smallest absolute Gasteiger partial charge is 0.117 e. The number of nitrogens with zero attached hydrogens (tertiary/aromatic N) is 2. The van der Waals surface area contributed by atoms with Crippen molar-refractivity contribution in [3.8, 4) is 0 Å². The summed E-state index contributed by atoms with van der Waals surface area (Å²) in [5.74, 6) is 0. The average molecular weight is 166 g/mol. The van der Waals surface area contributed by atoms with Crippen LogP contribution in [0.4, 0.5) is 0 Å². The molecule has 65 valence electrons. The Kier molecular flexibility index (Phi) is 2.10. The van der Waals surface area contributed by atoms with Gasteiger partial charge in [-0.1, -0.05) is 0 Å². The van der Waals surface area contributed by atoms with Crippen molar-refractivity contribution >= 4 is 0 Å². The number of rotatable bonds is 3. The number of ether oxygens (including phenoxy) is 1. The normalized spacial score (nSPS) is 16.8. The van der Waals surface area contributed by atoms with E-state index in [-0.39, 0.29) is 0 Å². The zero-order valence-electron chi connectivity index (χ0n) is 7.13. The van der Waals surface area contributed by atoms with Gasteiger partial charge >= 0.3 is 0 Å². The third-order valence-electron chi connectivity index (χ3n) is 2.12. The van der Waals surface area contributed by atoms with Crippen molar-refractivity contribution in [3.63, 3.8) is 0 Å². The van der Waals surface area contributed by atoms with Gasteiger partial charge in [0.05, 0.1) is 12.3 Å². The Bertz CT molecular complexity index is 238. The number of nitrogens with one attached hydrogen (secondary N) is 1. The quantitative estimate of drug-likeness (QED) is 0.696. The molecule has 0 saturated heterocycles. The second kappa shape index (κ2) is 3.25. The van der Waals surface area contributed by atoms with Crippen LogP contribution >= 0.6 is 0 Å². The third kappa shape index (κ3) is 1.35. The summed E-state index contributed by atoms with van der Waals surface area (Å²) in [6.07, 6.45) is 2.94. The molecule has 0 saturated carbocycles. The number of H-pyrrole nitrogens is 1. The van der Waals surface area contributed by atoms with Gasteiger partial charge in [-0.15, -0.1) is 0 Å². The predicted molar refractivity (Wildman–Crippen MR) is 43.4 cm³/mol. The molecule has 4 heteroatoms. The second-order valence-electron chi connectivity index (χ2n) is 3.00. The minimum Gasteiger partial charge on any atom is -0.383 e. The van der Waals surface area contributed by atoms with Gasteiger partial charge in [-0.05, 0) is 0 Å². The van der Waals surface area contributed by atoms with Crippen molar-refractivity contribution < 1.29 is 4.74 Å². The van der Waals surface area contributed by atoms with Gasteiger partial charge in [-0.2, -0.15) is 5.10 Å². The van der Waals surface area contributed by atoms with Crippen LogP contribution in [0.15, 0.2) is 0 Å². The van der Waals surface area contributed by atoms with Gasteiger partial charge in [0.2, 0.25) is 0 Å². The van der Waals surface area contributed by atoms with Crippen LogP contribution in [0.25, 0.3) is 0 Å². The largest absolute Gasteiger partial charge is 0.383 e. The van der Waals surface area contributed by atoms with E-state index in [1.807, 2.05) is 0 Å². The number of hydrogen-bond acceptors (Lipinski definition) is 3. The molecule has 0 bridgehead atoms. The standard InChI is InChI=1S/C8H12N3O/c1-12-3-2-11-5-7-4-9-10-8(7)6-11/h2-3,5-6H2,1H3,(H,9,10). The minimum atomic E-state index is 0.789. The summed E-state index contributed by atoms with van der Waals surface area (Å²) < 4.78 is 5.00. The predicted octanol–water partition coefficient (Wildman–Crippen LogP) is 0.172. The van der Waals surface area contributed by atoms with Gasteiger partial charge in [0.25, 0.3) is 0 Å². The molecule has 4 nitrogen and oxygen atoms in total. The van der Waals surface area contributed by atoms with E-state index in [0.717, 1.165) is 26.2 Å². The first-order chi connectivity index (χ1) is 5.90. The maximum Gasteiger partial charge on any atom is 0.117 e. The molecule has 0 atom stereocenters. The summed E-state index contributed by atoms with van der Waals surface area (Å²) in [6.45, 7) is 3.68. The van der Waals surface area contributed by atoms with Crippen molar-refractivity contribution in [2.45, 2.75) is 13.1 Å². The molecule has 0 aromatic carbocycles. The van der Waals surface area contributed by atoms with Crippen LogP contribution in [-0.4, -0.2) is 35.4 Å². The topological polar surface area (TPSA) is 41.1 Å². The van der Waals surface area contributed by atoms with E-state index in [9.17, 15) is 0 Å². The Labute approximate surface area is 71.5 Å². The van der Waals surface area contributed by atoms with E-state index < -0.39 is 0 Å². The molecule has 0 amide bonds. The number of aromatic amines is 1. The van der Waals surface area contributed by atoms with Gasteiger partial charge in [0.1, 0.15) is 6.20 Å². The van der Waals surface area contributed by atoms with Gasteiger partial charge in [0, 0.05) is 32.3 Å². The van der Waals surface area contributed by atoms with Crippen molar-refractivity contribution in [2.24, 2.45) is 0 Å². The molecular formula is C8H12N3O. The van der Waals surface area contributed by atoms with Crippen molar-refractivity contribution in [3.05, 3.63) is 17.5 Å². The number of fused-ring (bicyclic) bond motifs is 1. The first-order valence-electron chi connectivity index (χ1n) is 4.05. The molecule has 2 heterocycles. The first kappa shape index (κ1) is 7.76. The highest BCUT2D eigenvalue weighted by Crippen LogP contribution is 2.18. The maximum atomic E-state index is 5.00. The molecule has 1 N–H and O–H groups in total. The lowest BCUT2D eigenvalue weighted by molar-refractivity contribution is 0.147. The summed E-state index contributed by atoms with van der Waals surface area (Å²) in [5.41, 5.74) is 2.40. The number of methoxy groups -OCH3 is 1. The lowest BCUT2D eigenvalue weighted by atomic mass is 10.3. The molecule has 2 rings (SSSR count). The van der Waals surface area contributed by atoms with Crippen LogP contribution in [0.5, 0.6) is 0 Å². The molecule has 1 aromatic rings. The Morgan fingerprint density at radius 1 is 1.67 bits per heavy atom. The summed E-state index contributed by atoms with van der Waals surface area (Å²) in [7, 11) is 1.73. The van der Waals surface area contributed by atoms with E-state index >= 15 is 0 Å². The molecule has 0 fully saturated rings. The van der Waals surface area contributed by atoms with Gasteiger partial charge in [-0.3, -0.25) is 10.00 Å². The fourth-order valence-corrected chi connectivity index (χ4v) is 1.44. The molecule has 1 aliphatic rings. The SMILES string of the molecule is COCCN1Cc2[c]n[nH]c2C1. The highest BCUT2D eigenvalue weighted by Gasteiger charge is 2.19. The lowest BCUT2D eigenvalue weighted by Gasteiger charge is -2.12. The number of hydrogen-bond donors (Lipinski definition) is 1. The molecule has 1 aromatic heterocycles. The molecule has 1 aliphatic heterocycles. The Morgan fingerprint density at radius 3 is 3.33 bits per heavy atom. The molecule has 0 aliphatic carbocycles. The van der Waals surface area contributed by atoms with E-state index in [1.165, 1.54) is 11.3 Å². The zero-order chi connectivity index (χ0) is 8.39. The molecule has 0 spiro atoms. The molecule has 1 radical (unpaired) electrons. The van der Waals surface area contributed by atoms with E-state index in [0.29, 0.717) is 0 Å². The molecule has 0 unspecified atom stereocenters. The summed E-state index contributed by atoms with van der Waals surface area (Å²) in [5, 5.41) is 6.79. The van der Waals surface area contributed by atoms with Gasteiger partial charge < -0.3 is 4.74 Å². The Morgan fingerprint density at radius 2 is 2.58 bits per heavy atom. The Balaban J connectivity index is 1.90. The van der Waals surface area contributed by atoms with Crippen molar-refractivity contribution in [2.75, 3.05) is 20.3 Å². The average Bonchev–Trinajstić information content (AvgIpc) is 2.58. The third-order valence-corrected chi connectivity index (χ3v) is 2.12. The summed E-state index contributed by atoms with van der Waals surface area (Å²) in [4.78, 5) is 2.31. The lowest BCUT2D eigenvalue weighted by Crippen LogP contribution is -2.21. The first-order valence-corrected chi connectivity index (χ1v) is 4.05. The van der Waals surface area contributed by atoms with Crippen molar-refractivity contribution in [1.82, 2.24) is 15.1 Å². The van der Waals surface area contributed by atoms with Crippen LogP contribution in [0.2, 0.25) is 0 Å². The van der Waals surface area contributed by atoms with E-state index in [1.54, 1.807) is 7.11 Å². The fraction of sp³-hybridized carbons (Fsp3) is 0.625. The fourth-order valence-electron chi connectivity index (χ4n) is 1.44. The van der Waals surface area contributed by atoms with E-state index in [2.05, 4.69) is 21.3 Å². The zero-order valence-corrected chi connectivity index (χ0v) is 7.13. The monoisotopic (exact) mass is 166 g/mol. The highest BCUT2D eigenvalue weighted by atomic mass is 16.5. The molecule has 12 heavy (non-hydrogen) atoms. The number of aromatic nitrogens is 2. The van der Waals surface area contributed by atoms with Gasteiger partial charge in [0.15, 0.2) is 0 Å². The molecular weight excluding hydrogens is 154 g/mol. The van der Waals surface area contributed by atoms with Crippen LogP contribution in [0, 0.1) is 6.20 Å². The highest BCUT2D eigenvalue weighted by molar-refractivity contribution is 5.19. The summed E-state index contributed by atoms with van der Waals surface area (Å²) >= 11 is 0. The van der Waals surface area contributed by atoms with Crippen LogP contribution < -0.4 is 0 Å². The maximum absolute atomic E-state index is 5.00. The van der Waals surface area contributed by atoms with E-state index in [4.69, 9.17) is 4.74 Å². The van der Waals surface area contributed by atoms with Crippen LogP contribution in [0.3, 0.4) is 0 Å². The summed E-state index contributed by atoms with van der Waals surface area (Å²) in [6, 6.07) is 0. The van der Waals surface area contributed by atoms with Gasteiger partial charge in [-0.25, -0.2) is 0 Å². The van der Waals surface area contributed by atoms with Crippen LogP contribution in [0.1, 0.15) is 11.3 Å².